The van der Waals surface area contributed by atoms with Gasteiger partial charge in [-0.05, 0) is 61.9 Å². The topological polar surface area (TPSA) is 52.6 Å². The van der Waals surface area contributed by atoms with Crippen molar-refractivity contribution in [2.45, 2.75) is 33.6 Å². The molecule has 154 valence electrons. The van der Waals surface area contributed by atoms with Gasteiger partial charge in [-0.2, -0.15) is 0 Å². The fraction of sp³-hybridized carbons (Fsp3) is 0.522. The minimum Gasteiger partial charge on any atom is -0.368 e. The monoisotopic (exact) mass is 393 g/mol. The number of aryl methyl sites for hydroxylation is 1. The third-order valence-corrected chi connectivity index (χ3v) is 6.46. The molecule has 2 saturated heterocycles. The molecule has 0 spiro atoms. The molecule has 0 radical (unpaired) electrons. The van der Waals surface area contributed by atoms with E-state index in [-0.39, 0.29) is 5.91 Å². The van der Waals surface area contributed by atoms with Crippen LogP contribution in [-0.2, 0) is 0 Å². The number of anilines is 2. The summed E-state index contributed by atoms with van der Waals surface area (Å²) in [7, 11) is 0. The third kappa shape index (κ3) is 4.21. The van der Waals surface area contributed by atoms with Crippen molar-refractivity contribution in [2.75, 3.05) is 49.1 Å². The summed E-state index contributed by atoms with van der Waals surface area (Å²) >= 11 is 0. The van der Waals surface area contributed by atoms with Crippen LogP contribution in [0.3, 0.4) is 0 Å². The summed E-state index contributed by atoms with van der Waals surface area (Å²) in [6.07, 6.45) is 2.14. The number of aromatic nitrogens is 2. The fourth-order valence-corrected chi connectivity index (χ4v) is 4.24. The van der Waals surface area contributed by atoms with Gasteiger partial charge in [-0.1, -0.05) is 19.1 Å². The van der Waals surface area contributed by atoms with Gasteiger partial charge in [0.2, 0.25) is 0 Å². The Morgan fingerprint density at radius 2 is 1.59 bits per heavy atom. The zero-order valence-electron chi connectivity index (χ0n) is 17.8. The van der Waals surface area contributed by atoms with Crippen molar-refractivity contribution >= 4 is 17.4 Å². The minimum atomic E-state index is 0.00990. The summed E-state index contributed by atoms with van der Waals surface area (Å²) in [5.74, 6) is 1.57. The maximum absolute atomic E-state index is 12.7. The molecule has 1 aromatic carbocycles. The van der Waals surface area contributed by atoms with Crippen molar-refractivity contribution in [1.29, 1.82) is 0 Å². The number of piperidine rings is 1. The molecule has 2 aliphatic rings. The highest BCUT2D eigenvalue weighted by Crippen LogP contribution is 2.25. The van der Waals surface area contributed by atoms with E-state index in [4.69, 9.17) is 0 Å². The fourth-order valence-electron chi connectivity index (χ4n) is 4.24. The van der Waals surface area contributed by atoms with E-state index in [0.717, 1.165) is 57.9 Å². The normalized spacial score (nSPS) is 18.2. The molecule has 0 unspecified atom stereocenters. The van der Waals surface area contributed by atoms with E-state index >= 15 is 0 Å². The molecule has 0 bridgehead atoms. The molecular weight excluding hydrogens is 362 g/mol. The highest BCUT2D eigenvalue weighted by atomic mass is 16.2. The van der Waals surface area contributed by atoms with Gasteiger partial charge < -0.3 is 14.7 Å². The molecule has 2 aromatic rings. The first-order chi connectivity index (χ1) is 14.0. The van der Waals surface area contributed by atoms with Crippen LogP contribution in [-0.4, -0.2) is 60.3 Å². The number of likely N-dealkylation sites (tertiary alicyclic amines) is 1. The van der Waals surface area contributed by atoms with Gasteiger partial charge in [0.1, 0.15) is 0 Å². The molecule has 29 heavy (non-hydrogen) atoms. The summed E-state index contributed by atoms with van der Waals surface area (Å²) in [6, 6.07) is 10.3. The lowest BCUT2D eigenvalue weighted by molar-refractivity contribution is 0.0690. The molecule has 6 nitrogen and oxygen atoms in total. The Hall–Kier alpha value is -2.63. The number of piperazine rings is 1. The first-order valence-corrected chi connectivity index (χ1v) is 10.7. The van der Waals surface area contributed by atoms with E-state index in [2.05, 4.69) is 59.0 Å². The van der Waals surface area contributed by atoms with Crippen LogP contribution in [0.15, 0.2) is 30.3 Å². The predicted molar refractivity (Wildman–Crippen MR) is 117 cm³/mol. The molecule has 0 saturated carbocycles. The largest absolute Gasteiger partial charge is 0.368 e. The van der Waals surface area contributed by atoms with Gasteiger partial charge in [-0.3, -0.25) is 4.79 Å². The number of carbonyl (C=O) groups is 1. The Bertz CT molecular complexity index is 850. The van der Waals surface area contributed by atoms with Crippen LogP contribution in [0.25, 0.3) is 0 Å². The summed E-state index contributed by atoms with van der Waals surface area (Å²) in [5.41, 5.74) is 4.47. The zero-order valence-corrected chi connectivity index (χ0v) is 17.8. The predicted octanol–water partition coefficient (Wildman–Crippen LogP) is 3.29. The highest BCUT2D eigenvalue weighted by molar-refractivity contribution is 5.92. The Balaban J connectivity index is 1.37. The minimum absolute atomic E-state index is 0.00990. The summed E-state index contributed by atoms with van der Waals surface area (Å²) < 4.78 is 0. The highest BCUT2D eigenvalue weighted by Gasteiger charge is 2.24. The smallest absolute Gasteiger partial charge is 0.274 e. The number of rotatable bonds is 3. The SMILES string of the molecule is Cc1cccc(N2CCN(c3ccc(C(=O)N4CCC(C)CC4)nn3)CC2)c1C. The van der Waals surface area contributed by atoms with Crippen LogP contribution in [0.4, 0.5) is 11.5 Å². The number of hydrogen-bond donors (Lipinski definition) is 0. The standard InChI is InChI=1S/C23H31N5O/c1-17-9-11-28(12-10-17)23(29)20-7-8-22(25-24-20)27-15-13-26(14-16-27)21-6-4-5-18(2)19(21)3/h4-8,17H,9-16H2,1-3H3. The van der Waals surface area contributed by atoms with E-state index in [0.29, 0.717) is 11.6 Å². The first-order valence-electron chi connectivity index (χ1n) is 10.7. The number of hydrogen-bond acceptors (Lipinski definition) is 5. The molecular formula is C23H31N5O. The molecule has 4 rings (SSSR count). The van der Waals surface area contributed by atoms with Gasteiger partial charge in [-0.15, -0.1) is 10.2 Å². The molecule has 1 aromatic heterocycles. The van der Waals surface area contributed by atoms with E-state index in [9.17, 15) is 4.79 Å². The number of benzene rings is 1. The van der Waals surface area contributed by atoms with E-state index in [1.54, 1.807) is 0 Å². The quantitative estimate of drug-likeness (QED) is 0.801. The Labute approximate surface area is 173 Å². The molecule has 1 amide bonds. The van der Waals surface area contributed by atoms with Gasteiger partial charge in [0.05, 0.1) is 0 Å². The van der Waals surface area contributed by atoms with Crippen LogP contribution in [0.2, 0.25) is 0 Å². The van der Waals surface area contributed by atoms with Crippen LogP contribution >= 0.6 is 0 Å². The molecule has 0 atom stereocenters. The van der Waals surface area contributed by atoms with E-state index in [1.807, 2.05) is 17.0 Å². The van der Waals surface area contributed by atoms with Crippen LogP contribution in [0, 0.1) is 19.8 Å². The van der Waals surface area contributed by atoms with Crippen LogP contribution in [0.1, 0.15) is 41.4 Å². The van der Waals surface area contributed by atoms with E-state index < -0.39 is 0 Å². The summed E-state index contributed by atoms with van der Waals surface area (Å²) in [4.78, 5) is 19.3. The van der Waals surface area contributed by atoms with Crippen molar-refractivity contribution in [1.82, 2.24) is 15.1 Å². The second-order valence-corrected chi connectivity index (χ2v) is 8.44. The Morgan fingerprint density at radius 3 is 2.24 bits per heavy atom. The van der Waals surface area contributed by atoms with E-state index in [1.165, 1.54) is 16.8 Å². The first kappa shape index (κ1) is 19.7. The maximum atomic E-state index is 12.7. The molecule has 2 fully saturated rings. The zero-order chi connectivity index (χ0) is 20.4. The third-order valence-electron chi connectivity index (χ3n) is 6.46. The van der Waals surface area contributed by atoms with Gasteiger partial charge >= 0.3 is 0 Å². The lowest BCUT2D eigenvalue weighted by Gasteiger charge is -2.37. The average Bonchev–Trinajstić information content (AvgIpc) is 2.76. The van der Waals surface area contributed by atoms with Crippen molar-refractivity contribution < 1.29 is 4.79 Å². The second kappa shape index (κ2) is 8.39. The number of nitrogens with zero attached hydrogens (tertiary/aromatic N) is 5. The molecule has 3 heterocycles. The summed E-state index contributed by atoms with van der Waals surface area (Å²) in [5, 5.41) is 8.63. The van der Waals surface area contributed by atoms with Crippen molar-refractivity contribution in [3.8, 4) is 0 Å². The van der Waals surface area contributed by atoms with Gasteiger partial charge in [-0.25, -0.2) is 0 Å². The van der Waals surface area contributed by atoms with Crippen molar-refractivity contribution in [3.63, 3.8) is 0 Å². The maximum Gasteiger partial charge on any atom is 0.274 e. The molecule has 0 N–H and O–H groups in total. The molecule has 6 heteroatoms. The van der Waals surface area contributed by atoms with Crippen molar-refractivity contribution in [2.24, 2.45) is 5.92 Å². The Morgan fingerprint density at radius 1 is 0.897 bits per heavy atom. The summed E-state index contributed by atoms with van der Waals surface area (Å²) in [6.45, 7) is 12.0. The van der Waals surface area contributed by atoms with Crippen molar-refractivity contribution in [3.05, 3.63) is 47.2 Å². The van der Waals surface area contributed by atoms with Crippen LogP contribution < -0.4 is 9.80 Å². The number of amides is 1. The molecule has 0 aliphatic carbocycles. The number of carbonyl (C=O) groups excluding carboxylic acids is 1. The lowest BCUT2D eigenvalue weighted by atomic mass is 9.99. The van der Waals surface area contributed by atoms with Gasteiger partial charge in [0.15, 0.2) is 11.5 Å². The lowest BCUT2D eigenvalue weighted by Crippen LogP contribution is -2.47. The van der Waals surface area contributed by atoms with Crippen LogP contribution in [0.5, 0.6) is 0 Å². The van der Waals surface area contributed by atoms with Gasteiger partial charge in [0.25, 0.3) is 5.91 Å². The molecule has 2 aliphatic heterocycles. The Kier molecular flexibility index (Phi) is 5.69. The average molecular weight is 394 g/mol. The second-order valence-electron chi connectivity index (χ2n) is 8.44. The van der Waals surface area contributed by atoms with Gasteiger partial charge in [0, 0.05) is 45.0 Å².